The van der Waals surface area contributed by atoms with Gasteiger partial charge < -0.3 is 28.7 Å². The zero-order chi connectivity index (χ0) is 17.3. The zero-order valence-corrected chi connectivity index (χ0v) is 14.3. The van der Waals surface area contributed by atoms with Gasteiger partial charge in [-0.15, -0.1) is 0 Å². The van der Waals surface area contributed by atoms with Crippen LogP contribution >= 0.6 is 0 Å². The van der Waals surface area contributed by atoms with E-state index in [1.165, 1.54) is 0 Å². The number of hydrogen-bond donors (Lipinski definition) is 2. The monoisotopic (exact) mass is 342 g/mol. The summed E-state index contributed by atoms with van der Waals surface area (Å²) in [6, 6.07) is 0. The van der Waals surface area contributed by atoms with Gasteiger partial charge in [-0.3, -0.25) is 0 Å². The van der Waals surface area contributed by atoms with Gasteiger partial charge in [0, 0.05) is 0 Å². The molecule has 2 N–H and O–H groups in total. The van der Waals surface area contributed by atoms with Gasteiger partial charge in [-0.1, -0.05) is 0 Å². The maximum absolute atomic E-state index is 12.0. The third-order valence-electron chi connectivity index (χ3n) is 4.58. The average molecular weight is 342 g/mol. The van der Waals surface area contributed by atoms with Crippen molar-refractivity contribution in [2.45, 2.75) is 12.2 Å². The number of halogens is 2. The maximum atomic E-state index is 12.0. The van der Waals surface area contributed by atoms with E-state index in [2.05, 4.69) is 18.8 Å². The predicted molar refractivity (Wildman–Crippen MR) is 82.3 cm³/mol. The molecule has 23 heavy (non-hydrogen) atoms. The second kappa shape index (κ2) is 9.80. The van der Waals surface area contributed by atoms with E-state index in [-0.39, 0.29) is 19.8 Å². The van der Waals surface area contributed by atoms with Crippen LogP contribution in [0.2, 0.25) is 0 Å². The summed E-state index contributed by atoms with van der Waals surface area (Å²) in [6.45, 7) is 3.34. The second-order valence-electron chi connectivity index (χ2n) is 7.05. The normalized spacial score (nSPS) is 31.0. The van der Waals surface area contributed by atoms with Crippen LogP contribution in [0.25, 0.3) is 0 Å². The molecule has 0 aliphatic carbocycles. The molecule has 2 unspecified atom stereocenters. The Bertz CT molecular complexity index is 329. The quantitative estimate of drug-likeness (QED) is 0.394. The minimum absolute atomic E-state index is 0.0150. The number of piperazine rings is 1. The number of hydrogen-bond acceptors (Lipinski definition) is 4. The lowest BCUT2D eigenvalue weighted by Crippen LogP contribution is -2.66. The number of rotatable bonds is 11. The van der Waals surface area contributed by atoms with Crippen LogP contribution in [0.3, 0.4) is 0 Å². The van der Waals surface area contributed by atoms with Gasteiger partial charge in [-0.2, -0.15) is 0 Å². The molecule has 0 radical (unpaired) electrons. The summed E-state index contributed by atoms with van der Waals surface area (Å²) in [7, 11) is 4.16. The Morgan fingerprint density at radius 2 is 1.30 bits per heavy atom. The van der Waals surface area contributed by atoms with Crippen molar-refractivity contribution in [2.24, 2.45) is 0 Å². The standard InChI is InChI=1S/C15H32F2N2O4/c1-18(9-14(20)11-22-8-3-16)4-6-19(2,7-5-18)10-15(21)12-23-13-17/h14-15,20-21H,3-13H2,1-2H3/q+2. The molecule has 1 fully saturated rings. The molecule has 1 heterocycles. The number of nitrogens with zero attached hydrogens (tertiary/aromatic N) is 2. The molecule has 1 rings (SSSR count). The van der Waals surface area contributed by atoms with E-state index in [1.807, 2.05) is 0 Å². The lowest BCUT2D eigenvalue weighted by atomic mass is 10.1. The van der Waals surface area contributed by atoms with E-state index >= 15 is 0 Å². The van der Waals surface area contributed by atoms with Crippen LogP contribution in [0, 0.1) is 0 Å². The molecule has 138 valence electrons. The molecular formula is C15H32F2N2O4+2. The highest BCUT2D eigenvalue weighted by Crippen LogP contribution is 2.17. The molecular weight excluding hydrogens is 310 g/mol. The number of aliphatic hydroxyl groups excluding tert-OH is 2. The van der Waals surface area contributed by atoms with Gasteiger partial charge >= 0.3 is 0 Å². The Balaban J connectivity index is 2.37. The molecule has 1 saturated heterocycles. The lowest BCUT2D eigenvalue weighted by molar-refractivity contribution is -1.02. The Labute approximate surface area is 137 Å². The van der Waals surface area contributed by atoms with E-state index in [0.29, 0.717) is 17.6 Å². The van der Waals surface area contributed by atoms with Crippen LogP contribution in [-0.2, 0) is 9.47 Å². The summed E-state index contributed by atoms with van der Waals surface area (Å²) in [5.74, 6) is 0. The summed E-state index contributed by atoms with van der Waals surface area (Å²) in [4.78, 5) is 0. The molecule has 6 nitrogen and oxygen atoms in total. The van der Waals surface area contributed by atoms with Crippen LogP contribution in [-0.4, -0.2) is 118 Å². The maximum Gasteiger partial charge on any atom is 0.188 e. The average Bonchev–Trinajstić information content (AvgIpc) is 2.49. The van der Waals surface area contributed by atoms with Crippen LogP contribution in [0.1, 0.15) is 0 Å². The van der Waals surface area contributed by atoms with Crippen LogP contribution in [0.5, 0.6) is 0 Å². The van der Waals surface area contributed by atoms with Crippen LogP contribution in [0.15, 0.2) is 0 Å². The summed E-state index contributed by atoms with van der Waals surface area (Å²) in [5.41, 5.74) is 0. The number of aliphatic hydroxyl groups is 2. The van der Waals surface area contributed by atoms with Crippen molar-refractivity contribution in [3.63, 3.8) is 0 Å². The first kappa shape index (κ1) is 20.7. The predicted octanol–water partition coefficient (Wildman–Crippen LogP) is -0.455. The Kier molecular flexibility index (Phi) is 8.81. The Hall–Kier alpha value is -0.380. The first-order valence-electron chi connectivity index (χ1n) is 8.13. The number of alkyl halides is 2. The smallest absolute Gasteiger partial charge is 0.188 e. The van der Waals surface area contributed by atoms with Gasteiger partial charge in [0.25, 0.3) is 0 Å². The third-order valence-corrected chi connectivity index (χ3v) is 4.58. The highest BCUT2D eigenvalue weighted by molar-refractivity contribution is 4.60. The molecule has 0 aromatic rings. The third kappa shape index (κ3) is 7.82. The number of likely N-dealkylation sites (N-methyl/N-ethyl adjacent to an activating group) is 2. The van der Waals surface area contributed by atoms with Gasteiger partial charge in [-0.25, -0.2) is 8.78 Å². The van der Waals surface area contributed by atoms with Crippen molar-refractivity contribution in [1.82, 2.24) is 0 Å². The molecule has 1 aliphatic rings. The fourth-order valence-electron chi connectivity index (χ4n) is 3.13. The van der Waals surface area contributed by atoms with Crippen LogP contribution in [0.4, 0.5) is 8.78 Å². The van der Waals surface area contributed by atoms with E-state index in [9.17, 15) is 19.0 Å². The van der Waals surface area contributed by atoms with E-state index in [4.69, 9.17) is 4.74 Å². The molecule has 1 aliphatic heterocycles. The highest BCUT2D eigenvalue weighted by atomic mass is 19.1. The topological polar surface area (TPSA) is 58.9 Å². The van der Waals surface area contributed by atoms with Crippen molar-refractivity contribution in [1.29, 1.82) is 0 Å². The van der Waals surface area contributed by atoms with Gasteiger partial charge in [-0.05, 0) is 0 Å². The lowest BCUT2D eigenvalue weighted by Gasteiger charge is -2.47. The van der Waals surface area contributed by atoms with Crippen molar-refractivity contribution in [3.05, 3.63) is 0 Å². The Morgan fingerprint density at radius 3 is 1.70 bits per heavy atom. The summed E-state index contributed by atoms with van der Waals surface area (Å²) in [6.07, 6.45) is -1.28. The highest BCUT2D eigenvalue weighted by Gasteiger charge is 2.39. The molecule has 8 heteroatoms. The molecule has 0 aromatic heterocycles. The Morgan fingerprint density at radius 1 is 0.870 bits per heavy atom. The summed E-state index contributed by atoms with van der Waals surface area (Å²) < 4.78 is 35.0. The van der Waals surface area contributed by atoms with Crippen molar-refractivity contribution < 1.29 is 37.4 Å². The SMILES string of the molecule is C[N+]1(CC(O)COCF)CC[N+](C)(CC(O)COCCF)CC1. The van der Waals surface area contributed by atoms with Crippen molar-refractivity contribution in [2.75, 3.05) is 86.7 Å². The minimum Gasteiger partial charge on any atom is -0.385 e. The first-order chi connectivity index (χ1) is 10.8. The van der Waals surface area contributed by atoms with Gasteiger partial charge in [0.05, 0.1) is 33.9 Å². The van der Waals surface area contributed by atoms with Gasteiger partial charge in [0.1, 0.15) is 58.2 Å². The van der Waals surface area contributed by atoms with E-state index < -0.39 is 25.7 Å². The van der Waals surface area contributed by atoms with Gasteiger partial charge in [0.15, 0.2) is 6.86 Å². The summed E-state index contributed by atoms with van der Waals surface area (Å²) >= 11 is 0. The van der Waals surface area contributed by atoms with Crippen molar-refractivity contribution in [3.8, 4) is 0 Å². The largest absolute Gasteiger partial charge is 0.385 e. The fourth-order valence-corrected chi connectivity index (χ4v) is 3.13. The first-order valence-corrected chi connectivity index (χ1v) is 8.13. The minimum atomic E-state index is -0.877. The number of ether oxygens (including phenoxy) is 2. The van der Waals surface area contributed by atoms with E-state index in [1.54, 1.807) is 0 Å². The zero-order valence-electron chi connectivity index (χ0n) is 14.3. The number of quaternary nitrogens is 2. The summed E-state index contributed by atoms with van der Waals surface area (Å²) in [5, 5.41) is 19.9. The molecule has 2 atom stereocenters. The van der Waals surface area contributed by atoms with Gasteiger partial charge in [0.2, 0.25) is 0 Å². The molecule has 0 bridgehead atoms. The molecule has 0 amide bonds. The molecule has 0 saturated carbocycles. The van der Waals surface area contributed by atoms with Crippen molar-refractivity contribution >= 4 is 0 Å². The van der Waals surface area contributed by atoms with E-state index in [0.717, 1.165) is 30.7 Å². The van der Waals surface area contributed by atoms with Crippen LogP contribution < -0.4 is 0 Å². The molecule has 0 aromatic carbocycles. The fraction of sp³-hybridized carbons (Fsp3) is 1.00. The second-order valence-corrected chi connectivity index (χ2v) is 7.05. The molecule has 0 spiro atoms.